The Bertz CT molecular complexity index is 1590. The van der Waals surface area contributed by atoms with Gasteiger partial charge in [0, 0.05) is 31.9 Å². The van der Waals surface area contributed by atoms with Gasteiger partial charge in [0.05, 0.1) is 55.8 Å². The minimum absolute atomic E-state index is 0.0150. The standard InChI is InChI=1S/C43H70O24/c1-59-25-9-17(4-6-21(25)48)39-26(12-19-23(61-39)10-18(46)11-24(19)62-41-37(57)34(54)31(51)27(13-44)64-41)63-43-40(36(56)32(52)28(14-45)65-43)67-42-38(58)35(55)33(53)29(66-42)15-60-30(50)7-3-16-2-5-20(47)22(49)8-16/h3,7,16-29,31-49,51-58H,2,4-6,8-15H2,1H3/p+1. The van der Waals surface area contributed by atoms with Crippen molar-refractivity contribution in [2.75, 3.05) is 26.9 Å². The number of rotatable bonds is 14. The molecule has 7 fully saturated rings. The molecule has 27 atom stereocenters. The fraction of sp³-hybridized carbons (Fsp3) is 0.930. The van der Waals surface area contributed by atoms with Crippen molar-refractivity contribution >= 4 is 5.97 Å². The molecule has 0 bridgehead atoms. The van der Waals surface area contributed by atoms with E-state index in [1.54, 1.807) is 0 Å². The van der Waals surface area contributed by atoms with Gasteiger partial charge in [0.1, 0.15) is 86.0 Å². The van der Waals surface area contributed by atoms with Crippen molar-refractivity contribution in [3.8, 4) is 0 Å². The van der Waals surface area contributed by atoms with Crippen LogP contribution in [0, 0.1) is 17.8 Å². The number of methoxy groups -OCH3 is 1. The molecule has 4 aliphatic heterocycles. The molecule has 3 saturated carbocycles. The number of esters is 1. The van der Waals surface area contributed by atoms with Gasteiger partial charge in [0.2, 0.25) is 0 Å². The smallest absolute Gasteiger partial charge is 0.330 e. The van der Waals surface area contributed by atoms with Crippen molar-refractivity contribution < 1.29 is 119 Å². The normalized spacial score (nSPS) is 51.0. The summed E-state index contributed by atoms with van der Waals surface area (Å²) in [4.78, 5) is 12.7. The van der Waals surface area contributed by atoms with Gasteiger partial charge in [-0.15, -0.1) is 0 Å². The maximum absolute atomic E-state index is 12.7. The molecule has 27 unspecified atom stereocenters. The zero-order chi connectivity index (χ0) is 48.4. The lowest BCUT2D eigenvalue weighted by Crippen LogP contribution is -2.66. The van der Waals surface area contributed by atoms with Crippen LogP contribution < -0.4 is 0 Å². The topological polar surface area (TPSA) is 387 Å². The number of allylic oxidation sites excluding steroid dienone is 1. The Labute approximate surface area is 386 Å². The molecule has 0 spiro atoms. The third-order valence-corrected chi connectivity index (χ3v) is 14.8. The average molecular weight is 972 g/mol. The van der Waals surface area contributed by atoms with Crippen molar-refractivity contribution in [1.29, 1.82) is 0 Å². The van der Waals surface area contributed by atoms with E-state index in [1.165, 1.54) is 13.2 Å². The van der Waals surface area contributed by atoms with Crippen molar-refractivity contribution in [2.45, 2.75) is 205 Å². The Balaban J connectivity index is 1.11. The summed E-state index contributed by atoms with van der Waals surface area (Å²) in [5.74, 6) is -1.95. The van der Waals surface area contributed by atoms with E-state index in [-0.39, 0.29) is 37.5 Å². The lowest BCUT2D eigenvalue weighted by molar-refractivity contribution is -0.390. The van der Waals surface area contributed by atoms with Gasteiger partial charge in [-0.25, -0.2) is 4.79 Å². The Morgan fingerprint density at radius 3 is 1.84 bits per heavy atom. The van der Waals surface area contributed by atoms with Crippen LogP contribution in [0.4, 0.5) is 0 Å². The van der Waals surface area contributed by atoms with Crippen LogP contribution >= 0.6 is 0 Å². The van der Waals surface area contributed by atoms with Crippen LogP contribution in [0.25, 0.3) is 0 Å². The number of aliphatic hydroxyl groups excluding tert-OH is 14. The van der Waals surface area contributed by atoms with Crippen molar-refractivity contribution in [3.63, 3.8) is 0 Å². The molecule has 3 aliphatic carbocycles. The zero-order valence-electron chi connectivity index (χ0n) is 37.1. The van der Waals surface area contributed by atoms with Gasteiger partial charge in [0.15, 0.2) is 31.1 Å². The van der Waals surface area contributed by atoms with Crippen LogP contribution in [-0.4, -0.2) is 256 Å². The molecule has 7 aliphatic rings. The van der Waals surface area contributed by atoms with Gasteiger partial charge < -0.3 is 114 Å². The summed E-state index contributed by atoms with van der Waals surface area (Å²) in [6, 6.07) is 0. The predicted octanol–water partition coefficient (Wildman–Crippen LogP) is -6.57. The molecule has 4 saturated heterocycles. The molecule has 24 heteroatoms. The van der Waals surface area contributed by atoms with Gasteiger partial charge in [-0.1, -0.05) is 6.08 Å². The van der Waals surface area contributed by atoms with E-state index < -0.39 is 179 Å². The van der Waals surface area contributed by atoms with Gasteiger partial charge in [-0.05, 0) is 50.9 Å². The number of fused-ring (bicyclic) bond motifs is 1. The molecular weight excluding hydrogens is 900 g/mol. The summed E-state index contributed by atoms with van der Waals surface area (Å²) < 4.78 is 52.5. The summed E-state index contributed by atoms with van der Waals surface area (Å²) in [6.07, 6.45) is -27.7. The highest BCUT2D eigenvalue weighted by molar-refractivity contribution is 5.81. The number of ether oxygens (including phenoxy) is 9. The number of aliphatic hydroxyl groups is 16. The highest BCUT2D eigenvalue weighted by Crippen LogP contribution is 2.44. The van der Waals surface area contributed by atoms with Crippen molar-refractivity contribution in [2.24, 2.45) is 17.8 Å². The molecule has 15 N–H and O–H groups in total. The highest BCUT2D eigenvalue weighted by Gasteiger charge is 2.58. The summed E-state index contributed by atoms with van der Waals surface area (Å²) >= 11 is 0. The first-order valence-corrected chi connectivity index (χ1v) is 23.3. The lowest BCUT2D eigenvalue weighted by atomic mass is 9.72. The van der Waals surface area contributed by atoms with E-state index in [4.69, 9.17) is 42.6 Å². The molecule has 386 valence electrons. The van der Waals surface area contributed by atoms with Crippen molar-refractivity contribution in [1.82, 2.24) is 0 Å². The van der Waals surface area contributed by atoms with Crippen LogP contribution in [0.5, 0.6) is 0 Å². The first-order valence-electron chi connectivity index (χ1n) is 23.3. The molecule has 24 nitrogen and oxygen atoms in total. The largest absolute Gasteiger partial charge is 0.460 e. The predicted molar refractivity (Wildman–Crippen MR) is 220 cm³/mol. The Kier molecular flexibility index (Phi) is 18.4. The quantitative estimate of drug-likeness (QED) is 0.0437. The second-order valence-electron chi connectivity index (χ2n) is 19.2. The Morgan fingerprint density at radius 2 is 1.18 bits per heavy atom. The summed E-state index contributed by atoms with van der Waals surface area (Å²) in [5, 5.41) is 149. The van der Waals surface area contributed by atoms with Gasteiger partial charge in [-0.2, -0.15) is 0 Å². The van der Waals surface area contributed by atoms with Crippen molar-refractivity contribution in [3.05, 3.63) is 12.2 Å². The Hall–Kier alpha value is -1.67. The monoisotopic (exact) mass is 971 g/mol. The molecule has 0 aromatic rings. The molecule has 0 aromatic carbocycles. The van der Waals surface area contributed by atoms with Gasteiger partial charge >= 0.3 is 5.97 Å². The first kappa shape index (κ1) is 53.1. The van der Waals surface area contributed by atoms with Crippen LogP contribution in [-0.2, 0) is 42.7 Å². The number of carbonyl (C=O) groups is 1. The van der Waals surface area contributed by atoms with E-state index in [0.717, 1.165) is 6.08 Å². The third kappa shape index (κ3) is 12.0. The lowest BCUT2D eigenvalue weighted by Gasteiger charge is -2.51. The van der Waals surface area contributed by atoms with Crippen LogP contribution in [0.15, 0.2) is 12.2 Å². The minimum atomic E-state index is -1.98. The minimum Gasteiger partial charge on any atom is -0.460 e. The van der Waals surface area contributed by atoms with E-state index in [1.807, 2.05) is 0 Å². The maximum atomic E-state index is 12.7. The number of hydrogen-bond acceptors (Lipinski definition) is 23. The highest BCUT2D eigenvalue weighted by atomic mass is 16.8. The molecule has 0 amide bonds. The molecule has 67 heavy (non-hydrogen) atoms. The maximum Gasteiger partial charge on any atom is 0.330 e. The summed E-state index contributed by atoms with van der Waals surface area (Å²) in [7, 11) is 1.47. The van der Waals surface area contributed by atoms with Crippen LogP contribution in [0.3, 0.4) is 0 Å². The number of hydrogen-bond donors (Lipinski definition) is 14. The van der Waals surface area contributed by atoms with E-state index >= 15 is 0 Å². The molecule has 0 radical (unpaired) electrons. The molecule has 7 rings (SSSR count). The first-order chi connectivity index (χ1) is 31.9. The molecule has 4 heterocycles. The van der Waals surface area contributed by atoms with Gasteiger partial charge in [0.25, 0.3) is 0 Å². The second-order valence-corrected chi connectivity index (χ2v) is 19.2. The zero-order valence-corrected chi connectivity index (χ0v) is 37.1. The van der Waals surface area contributed by atoms with E-state index in [0.29, 0.717) is 32.1 Å². The average Bonchev–Trinajstić information content (AvgIpc) is 3.31. The summed E-state index contributed by atoms with van der Waals surface area (Å²) in [5.41, 5.74) is 0. The van der Waals surface area contributed by atoms with Crippen LogP contribution in [0.2, 0.25) is 0 Å². The fourth-order valence-corrected chi connectivity index (χ4v) is 10.8. The van der Waals surface area contributed by atoms with E-state index in [2.05, 4.69) is 0 Å². The molecule has 0 aromatic heterocycles. The molecular formula is C43H71O24+. The number of carbonyl (C=O) groups excluding carboxylic acids is 1. The van der Waals surface area contributed by atoms with Crippen LogP contribution in [0.1, 0.15) is 57.8 Å². The fourth-order valence-electron chi connectivity index (χ4n) is 10.8. The van der Waals surface area contributed by atoms with E-state index in [9.17, 15) is 76.3 Å². The summed E-state index contributed by atoms with van der Waals surface area (Å²) in [6.45, 7) is -2.15. The second kappa shape index (κ2) is 23.3. The third-order valence-electron chi connectivity index (χ3n) is 14.8. The SMILES string of the molecule is COC1CC(C2[OH+]C3CC(O)CC(OC4OC(CO)C(O)C(O)C4O)C3CC2OC2OC(CO)C(O)C(O)C2OC2OC(COC(=O)C=CC3CCC(O)C(O)C3)C(O)C(O)C2O)CCC1O. The Morgan fingerprint density at radius 1 is 0.582 bits per heavy atom. The van der Waals surface area contributed by atoms with Gasteiger partial charge in [-0.3, -0.25) is 0 Å².